The second-order valence-corrected chi connectivity index (χ2v) is 6.49. The fourth-order valence-electron chi connectivity index (χ4n) is 2.76. The first kappa shape index (κ1) is 20.9. The number of benzene rings is 1. The average molecular weight is 380 g/mol. The number of hydrogen-bond donors (Lipinski definition) is 5. The first-order valence-corrected chi connectivity index (χ1v) is 8.42. The number of ether oxygens (including phenoxy) is 2. The van der Waals surface area contributed by atoms with E-state index in [0.717, 1.165) is 6.08 Å². The van der Waals surface area contributed by atoms with Crippen molar-refractivity contribution >= 4 is 12.0 Å². The Kier molecular flexibility index (Phi) is 6.98. The van der Waals surface area contributed by atoms with Crippen molar-refractivity contribution in [1.82, 2.24) is 0 Å². The van der Waals surface area contributed by atoms with E-state index in [-0.39, 0.29) is 24.5 Å². The third-order valence-corrected chi connectivity index (χ3v) is 4.27. The Morgan fingerprint density at radius 2 is 1.96 bits per heavy atom. The van der Waals surface area contributed by atoms with Gasteiger partial charge in [0.05, 0.1) is 12.2 Å². The molecule has 1 aromatic rings. The predicted molar refractivity (Wildman–Crippen MR) is 96.4 cm³/mol. The zero-order chi connectivity index (χ0) is 20.1. The van der Waals surface area contributed by atoms with Crippen LogP contribution in [0.15, 0.2) is 36.4 Å². The van der Waals surface area contributed by atoms with Crippen LogP contribution in [-0.4, -0.2) is 68.6 Å². The lowest BCUT2D eigenvalue weighted by molar-refractivity contribution is -0.216. The fourth-order valence-corrected chi connectivity index (χ4v) is 2.76. The van der Waals surface area contributed by atoms with Gasteiger partial charge in [-0.15, -0.1) is 0 Å². The molecule has 1 fully saturated rings. The Labute approximate surface area is 156 Å². The number of phenols is 1. The highest BCUT2D eigenvalue weighted by atomic mass is 16.5. The van der Waals surface area contributed by atoms with Gasteiger partial charge in [-0.3, -0.25) is 0 Å². The SMILES string of the molecule is C=C(COc1ccc(C=CC(=O)O)cc1O)CC1OC(C)C(O)C(O)C1O. The number of aliphatic carboxylic acids is 1. The summed E-state index contributed by atoms with van der Waals surface area (Å²) in [6.07, 6.45) is -2.57. The minimum Gasteiger partial charge on any atom is -0.504 e. The number of aliphatic hydroxyl groups excluding tert-OH is 3. The van der Waals surface area contributed by atoms with Gasteiger partial charge < -0.3 is 35.0 Å². The van der Waals surface area contributed by atoms with Gasteiger partial charge in [0.25, 0.3) is 0 Å². The molecule has 0 spiro atoms. The zero-order valence-electron chi connectivity index (χ0n) is 14.9. The normalized spacial score (nSPS) is 28.2. The molecule has 8 heteroatoms. The van der Waals surface area contributed by atoms with Gasteiger partial charge >= 0.3 is 5.97 Å². The van der Waals surface area contributed by atoms with Crippen LogP contribution >= 0.6 is 0 Å². The summed E-state index contributed by atoms with van der Waals surface area (Å²) in [7, 11) is 0. The Hall–Kier alpha value is -2.39. The van der Waals surface area contributed by atoms with Gasteiger partial charge in [-0.25, -0.2) is 4.79 Å². The lowest BCUT2D eigenvalue weighted by Crippen LogP contribution is -2.56. The summed E-state index contributed by atoms with van der Waals surface area (Å²) in [5.74, 6) is -1.06. The van der Waals surface area contributed by atoms with Crippen molar-refractivity contribution in [2.45, 2.75) is 43.9 Å². The standard InChI is InChI=1S/C19H24O8/c1-10(7-15-18(24)19(25)17(23)11(2)27-15)9-26-14-5-3-12(8-13(14)20)4-6-16(21)22/h3-6,8,11,15,17-20,23-25H,1,7,9H2,2H3,(H,21,22). The third-order valence-electron chi connectivity index (χ3n) is 4.27. The molecule has 5 unspecified atom stereocenters. The van der Waals surface area contributed by atoms with Crippen LogP contribution in [0.5, 0.6) is 11.5 Å². The number of hydrogen-bond acceptors (Lipinski definition) is 7. The summed E-state index contributed by atoms with van der Waals surface area (Å²) in [5.41, 5.74) is 1.06. The highest BCUT2D eigenvalue weighted by Gasteiger charge is 2.41. The number of phenolic OH excluding ortho intramolecular Hbond substituents is 1. The third kappa shape index (κ3) is 5.54. The molecule has 27 heavy (non-hydrogen) atoms. The van der Waals surface area contributed by atoms with E-state index in [1.54, 1.807) is 13.0 Å². The fraction of sp³-hybridized carbons (Fsp3) is 0.421. The molecule has 0 radical (unpaired) electrons. The van der Waals surface area contributed by atoms with E-state index in [1.807, 2.05) is 0 Å². The van der Waals surface area contributed by atoms with Gasteiger partial charge in [-0.1, -0.05) is 12.6 Å². The van der Waals surface area contributed by atoms with Crippen molar-refractivity contribution in [3.8, 4) is 11.5 Å². The lowest BCUT2D eigenvalue weighted by Gasteiger charge is -2.39. The number of aliphatic hydroxyl groups is 3. The van der Waals surface area contributed by atoms with Crippen molar-refractivity contribution in [3.05, 3.63) is 42.0 Å². The zero-order valence-corrected chi connectivity index (χ0v) is 14.9. The van der Waals surface area contributed by atoms with Crippen molar-refractivity contribution in [2.75, 3.05) is 6.61 Å². The van der Waals surface area contributed by atoms with Crippen LogP contribution in [0, 0.1) is 0 Å². The number of aromatic hydroxyl groups is 1. The summed E-state index contributed by atoms with van der Waals surface area (Å²) in [6, 6.07) is 4.45. The largest absolute Gasteiger partial charge is 0.504 e. The van der Waals surface area contributed by atoms with Crippen molar-refractivity contribution in [3.63, 3.8) is 0 Å². The van der Waals surface area contributed by atoms with Gasteiger partial charge in [0.1, 0.15) is 24.9 Å². The van der Waals surface area contributed by atoms with Gasteiger partial charge in [0.15, 0.2) is 11.5 Å². The summed E-state index contributed by atoms with van der Waals surface area (Å²) < 4.78 is 11.0. The van der Waals surface area contributed by atoms with Crippen LogP contribution in [0.2, 0.25) is 0 Å². The highest BCUT2D eigenvalue weighted by Crippen LogP contribution is 2.29. The van der Waals surface area contributed by atoms with E-state index in [1.165, 1.54) is 18.2 Å². The lowest BCUT2D eigenvalue weighted by atomic mass is 9.92. The molecule has 0 amide bonds. The number of carbonyl (C=O) groups is 1. The second-order valence-electron chi connectivity index (χ2n) is 6.49. The molecule has 148 valence electrons. The summed E-state index contributed by atoms with van der Waals surface area (Å²) in [4.78, 5) is 10.5. The smallest absolute Gasteiger partial charge is 0.328 e. The molecule has 5 N–H and O–H groups in total. The molecule has 1 saturated heterocycles. The topological polar surface area (TPSA) is 137 Å². The van der Waals surface area contributed by atoms with Gasteiger partial charge in [-0.2, -0.15) is 0 Å². The maximum absolute atomic E-state index is 10.5. The van der Waals surface area contributed by atoms with Crippen molar-refractivity contribution < 1.29 is 39.8 Å². The molecule has 1 aromatic carbocycles. The first-order chi connectivity index (χ1) is 12.7. The minimum absolute atomic E-state index is 0.0392. The Balaban J connectivity index is 1.91. The molecule has 5 atom stereocenters. The highest BCUT2D eigenvalue weighted by molar-refractivity contribution is 5.85. The van der Waals surface area contributed by atoms with Crippen LogP contribution in [-0.2, 0) is 9.53 Å². The molecule has 1 aliphatic rings. The average Bonchev–Trinajstić information content (AvgIpc) is 2.61. The van der Waals surface area contributed by atoms with Gasteiger partial charge in [-0.05, 0) is 36.3 Å². The molecule has 0 aromatic heterocycles. The van der Waals surface area contributed by atoms with Gasteiger partial charge in [0, 0.05) is 12.5 Å². The van der Waals surface area contributed by atoms with E-state index in [4.69, 9.17) is 14.6 Å². The van der Waals surface area contributed by atoms with Crippen LogP contribution in [0.25, 0.3) is 6.08 Å². The number of carboxylic acid groups (broad SMARTS) is 1. The summed E-state index contributed by atoms with van der Waals surface area (Å²) >= 11 is 0. The van der Waals surface area contributed by atoms with E-state index in [2.05, 4.69) is 6.58 Å². The molecule has 2 rings (SSSR count). The molecular weight excluding hydrogens is 356 g/mol. The number of carboxylic acids is 1. The van der Waals surface area contributed by atoms with Crippen molar-refractivity contribution in [1.29, 1.82) is 0 Å². The predicted octanol–water partition coefficient (Wildman–Crippen LogP) is 0.685. The number of rotatable bonds is 7. The summed E-state index contributed by atoms with van der Waals surface area (Å²) in [6.45, 7) is 5.49. The van der Waals surface area contributed by atoms with E-state index in [0.29, 0.717) is 11.1 Å². The van der Waals surface area contributed by atoms with Crippen LogP contribution < -0.4 is 4.74 Å². The Morgan fingerprint density at radius 1 is 1.26 bits per heavy atom. The molecular formula is C19H24O8. The van der Waals surface area contributed by atoms with Crippen LogP contribution in [0.4, 0.5) is 0 Å². The molecule has 0 bridgehead atoms. The first-order valence-electron chi connectivity index (χ1n) is 8.42. The molecule has 0 saturated carbocycles. The van der Waals surface area contributed by atoms with Crippen molar-refractivity contribution in [2.24, 2.45) is 0 Å². The quantitative estimate of drug-likeness (QED) is 0.344. The molecule has 1 aliphatic heterocycles. The minimum atomic E-state index is -1.30. The molecule has 8 nitrogen and oxygen atoms in total. The maximum atomic E-state index is 10.5. The van der Waals surface area contributed by atoms with Crippen LogP contribution in [0.3, 0.4) is 0 Å². The monoisotopic (exact) mass is 380 g/mol. The van der Waals surface area contributed by atoms with Crippen LogP contribution in [0.1, 0.15) is 18.9 Å². The molecule has 0 aliphatic carbocycles. The Bertz CT molecular complexity index is 714. The second kappa shape index (κ2) is 9.01. The van der Waals surface area contributed by atoms with E-state index < -0.39 is 36.5 Å². The van der Waals surface area contributed by atoms with Gasteiger partial charge in [0.2, 0.25) is 0 Å². The summed E-state index contributed by atoms with van der Waals surface area (Å²) in [5, 5.41) is 48.1. The van der Waals surface area contributed by atoms with E-state index in [9.17, 15) is 25.2 Å². The Morgan fingerprint density at radius 3 is 2.59 bits per heavy atom. The maximum Gasteiger partial charge on any atom is 0.328 e. The van der Waals surface area contributed by atoms with E-state index >= 15 is 0 Å². The molecule has 1 heterocycles.